The fourth-order valence-electron chi connectivity index (χ4n) is 4.92. The van der Waals surface area contributed by atoms with Crippen molar-refractivity contribution in [2.24, 2.45) is 10.8 Å². The maximum Gasteiger partial charge on any atom is 0.183 e. The van der Waals surface area contributed by atoms with E-state index in [2.05, 4.69) is 24.3 Å². The van der Waals surface area contributed by atoms with Crippen LogP contribution in [-0.2, 0) is 18.9 Å². The fraction of sp³-hybridized carbons (Fsp3) is 0.478. The zero-order valence-corrected chi connectivity index (χ0v) is 15.5. The summed E-state index contributed by atoms with van der Waals surface area (Å²) in [6.07, 6.45) is 2.86. The Morgan fingerprint density at radius 3 is 1.30 bits per heavy atom. The standard InChI is InChI=1S/C23H26O4/c1-3-8-18(9-4-1)20-24-14-22(15-25-20)12-7-13-23(22)16-26-21(27-17-23)19-10-5-2-6-11-19/h1-6,8-11,20-21H,7,12-17H2. The van der Waals surface area contributed by atoms with Gasteiger partial charge in [0.15, 0.2) is 12.6 Å². The van der Waals surface area contributed by atoms with E-state index in [4.69, 9.17) is 18.9 Å². The summed E-state index contributed by atoms with van der Waals surface area (Å²) in [7, 11) is 0. The lowest BCUT2D eigenvalue weighted by Crippen LogP contribution is -2.54. The lowest BCUT2D eigenvalue weighted by molar-refractivity contribution is -0.304. The average Bonchev–Trinajstić information content (AvgIpc) is 3.07. The van der Waals surface area contributed by atoms with Gasteiger partial charge in [0, 0.05) is 22.0 Å². The van der Waals surface area contributed by atoms with Crippen molar-refractivity contribution < 1.29 is 18.9 Å². The Kier molecular flexibility index (Phi) is 4.52. The minimum Gasteiger partial charge on any atom is -0.348 e. The minimum absolute atomic E-state index is 0.0140. The van der Waals surface area contributed by atoms with E-state index >= 15 is 0 Å². The van der Waals surface area contributed by atoms with Crippen molar-refractivity contribution in [3.8, 4) is 0 Å². The van der Waals surface area contributed by atoms with Crippen molar-refractivity contribution in [2.75, 3.05) is 26.4 Å². The number of rotatable bonds is 2. The minimum atomic E-state index is -0.267. The summed E-state index contributed by atoms with van der Waals surface area (Å²) in [5, 5.41) is 0. The van der Waals surface area contributed by atoms with Crippen molar-refractivity contribution in [2.45, 2.75) is 31.8 Å². The Balaban J connectivity index is 1.29. The third kappa shape index (κ3) is 3.01. The molecule has 0 unspecified atom stereocenters. The molecule has 3 fully saturated rings. The van der Waals surface area contributed by atoms with Crippen molar-refractivity contribution >= 4 is 0 Å². The van der Waals surface area contributed by atoms with Crippen LogP contribution >= 0.6 is 0 Å². The van der Waals surface area contributed by atoms with Gasteiger partial charge in [-0.25, -0.2) is 0 Å². The van der Waals surface area contributed by atoms with Crippen LogP contribution in [0, 0.1) is 10.8 Å². The van der Waals surface area contributed by atoms with Gasteiger partial charge in [0.25, 0.3) is 0 Å². The second-order valence-electron chi connectivity index (χ2n) is 8.14. The van der Waals surface area contributed by atoms with Gasteiger partial charge in [-0.15, -0.1) is 0 Å². The molecule has 3 aliphatic rings. The monoisotopic (exact) mass is 366 g/mol. The van der Waals surface area contributed by atoms with Gasteiger partial charge < -0.3 is 18.9 Å². The molecular formula is C23H26O4. The summed E-state index contributed by atoms with van der Waals surface area (Å²) < 4.78 is 24.8. The molecule has 0 N–H and O–H groups in total. The Hall–Kier alpha value is -1.72. The van der Waals surface area contributed by atoms with Crippen molar-refractivity contribution in [3.63, 3.8) is 0 Å². The number of ether oxygens (including phenoxy) is 4. The van der Waals surface area contributed by atoms with Gasteiger partial charge in [-0.1, -0.05) is 67.1 Å². The highest BCUT2D eigenvalue weighted by molar-refractivity contribution is 5.18. The van der Waals surface area contributed by atoms with E-state index in [0.717, 1.165) is 24.0 Å². The van der Waals surface area contributed by atoms with Crippen LogP contribution in [0.1, 0.15) is 43.0 Å². The van der Waals surface area contributed by atoms with Crippen LogP contribution in [-0.4, -0.2) is 26.4 Å². The largest absolute Gasteiger partial charge is 0.348 e. The normalized spacial score (nSPS) is 36.3. The molecule has 2 aromatic rings. The van der Waals surface area contributed by atoms with Crippen LogP contribution < -0.4 is 0 Å². The van der Waals surface area contributed by atoms with Crippen molar-refractivity contribution in [1.82, 2.24) is 0 Å². The van der Waals surface area contributed by atoms with E-state index in [9.17, 15) is 0 Å². The topological polar surface area (TPSA) is 36.9 Å². The van der Waals surface area contributed by atoms with E-state index in [1.807, 2.05) is 36.4 Å². The van der Waals surface area contributed by atoms with E-state index in [-0.39, 0.29) is 23.4 Å². The molecule has 2 spiro atoms. The second-order valence-corrected chi connectivity index (χ2v) is 8.14. The molecule has 27 heavy (non-hydrogen) atoms. The highest BCUT2D eigenvalue weighted by atomic mass is 16.7. The third-order valence-corrected chi connectivity index (χ3v) is 6.62. The average molecular weight is 366 g/mol. The van der Waals surface area contributed by atoms with Crippen LogP contribution in [0.3, 0.4) is 0 Å². The first-order chi connectivity index (χ1) is 13.3. The van der Waals surface area contributed by atoms with E-state index < -0.39 is 0 Å². The van der Waals surface area contributed by atoms with Gasteiger partial charge in [-0.05, 0) is 12.8 Å². The molecule has 0 radical (unpaired) electrons. The Morgan fingerprint density at radius 2 is 0.926 bits per heavy atom. The van der Waals surface area contributed by atoms with Gasteiger partial charge in [-0.2, -0.15) is 0 Å². The van der Waals surface area contributed by atoms with E-state index in [0.29, 0.717) is 26.4 Å². The summed E-state index contributed by atoms with van der Waals surface area (Å²) >= 11 is 0. The third-order valence-electron chi connectivity index (χ3n) is 6.62. The SMILES string of the molecule is c1ccc(C2OCC3(CCCC34COC(c3ccccc3)OC4)CO2)cc1. The smallest absolute Gasteiger partial charge is 0.183 e. The molecule has 1 aliphatic carbocycles. The van der Waals surface area contributed by atoms with Gasteiger partial charge in [0.1, 0.15) is 0 Å². The summed E-state index contributed by atoms with van der Waals surface area (Å²) in [5.41, 5.74) is 2.14. The summed E-state index contributed by atoms with van der Waals surface area (Å²) in [4.78, 5) is 0. The van der Waals surface area contributed by atoms with Crippen LogP contribution in [0.5, 0.6) is 0 Å². The van der Waals surface area contributed by atoms with Crippen LogP contribution in [0.15, 0.2) is 60.7 Å². The lowest BCUT2D eigenvalue weighted by atomic mass is 9.66. The van der Waals surface area contributed by atoms with Gasteiger partial charge in [0.05, 0.1) is 26.4 Å². The van der Waals surface area contributed by atoms with Gasteiger partial charge in [-0.3, -0.25) is 0 Å². The molecule has 0 amide bonds. The second kappa shape index (κ2) is 7.02. The first kappa shape index (κ1) is 17.4. The molecule has 5 rings (SSSR count). The first-order valence-corrected chi connectivity index (χ1v) is 9.87. The zero-order chi connectivity index (χ0) is 18.2. The maximum atomic E-state index is 6.21. The Bertz CT molecular complexity index is 679. The van der Waals surface area contributed by atoms with Crippen LogP contribution in [0.2, 0.25) is 0 Å². The molecule has 0 atom stereocenters. The van der Waals surface area contributed by atoms with E-state index in [1.165, 1.54) is 6.42 Å². The van der Waals surface area contributed by atoms with Gasteiger partial charge >= 0.3 is 0 Å². The van der Waals surface area contributed by atoms with Crippen LogP contribution in [0.25, 0.3) is 0 Å². The highest BCUT2D eigenvalue weighted by Crippen LogP contribution is 2.58. The summed E-state index contributed by atoms with van der Waals surface area (Å²) in [6.45, 7) is 2.81. The molecule has 2 aliphatic heterocycles. The molecule has 2 saturated heterocycles. The predicted molar refractivity (Wildman–Crippen MR) is 101 cm³/mol. The highest BCUT2D eigenvalue weighted by Gasteiger charge is 2.59. The van der Waals surface area contributed by atoms with Crippen LogP contribution in [0.4, 0.5) is 0 Å². The van der Waals surface area contributed by atoms with E-state index in [1.54, 1.807) is 0 Å². The van der Waals surface area contributed by atoms with Gasteiger partial charge in [0.2, 0.25) is 0 Å². The fourth-order valence-corrected chi connectivity index (χ4v) is 4.92. The molecule has 0 aromatic heterocycles. The molecule has 142 valence electrons. The zero-order valence-electron chi connectivity index (χ0n) is 15.5. The number of hydrogen-bond donors (Lipinski definition) is 0. The Morgan fingerprint density at radius 1 is 0.556 bits per heavy atom. The molecular weight excluding hydrogens is 340 g/mol. The number of hydrogen-bond acceptors (Lipinski definition) is 4. The predicted octanol–water partition coefficient (Wildman–Crippen LogP) is 4.63. The number of benzene rings is 2. The lowest BCUT2D eigenvalue weighted by Gasteiger charge is -2.51. The molecule has 4 nitrogen and oxygen atoms in total. The quantitative estimate of drug-likeness (QED) is 0.776. The maximum absolute atomic E-state index is 6.21. The van der Waals surface area contributed by atoms with Crippen molar-refractivity contribution in [1.29, 1.82) is 0 Å². The number of fused-ring (bicyclic) bond motifs is 1. The summed E-state index contributed by atoms with van der Waals surface area (Å²) in [6, 6.07) is 20.4. The van der Waals surface area contributed by atoms with Crippen molar-refractivity contribution in [3.05, 3.63) is 71.8 Å². The molecule has 2 heterocycles. The molecule has 1 saturated carbocycles. The molecule has 2 aromatic carbocycles. The first-order valence-electron chi connectivity index (χ1n) is 9.87. The summed E-state index contributed by atoms with van der Waals surface area (Å²) in [5.74, 6) is 0. The molecule has 0 bridgehead atoms. The Labute approximate surface area is 160 Å². The molecule has 4 heteroatoms.